The molecule has 0 fully saturated rings. The van der Waals surface area contributed by atoms with Crippen molar-refractivity contribution >= 4 is 0 Å². The fraction of sp³-hybridized carbons (Fsp3) is 0.222. The zero-order chi connectivity index (χ0) is 15.0. The van der Waals surface area contributed by atoms with Crippen LogP contribution in [0.25, 0.3) is 17.1 Å². The average Bonchev–Trinajstić information content (AvgIpc) is 2.80. The van der Waals surface area contributed by atoms with E-state index < -0.39 is 0 Å². The summed E-state index contributed by atoms with van der Waals surface area (Å²) in [4.78, 5) is 4.58. The Balaban J connectivity index is 0.00000176. The van der Waals surface area contributed by atoms with E-state index in [0.29, 0.717) is 0 Å². The van der Waals surface area contributed by atoms with Crippen LogP contribution < -0.4 is 0 Å². The molecule has 0 aliphatic heterocycles. The molecule has 0 amide bonds. The fourth-order valence-corrected chi connectivity index (χ4v) is 2.78. The predicted octanol–water partition coefficient (Wildman–Crippen LogP) is 3.97. The summed E-state index contributed by atoms with van der Waals surface area (Å²) in [5.74, 6) is 1.60. The number of benzene rings is 2. The summed E-state index contributed by atoms with van der Waals surface area (Å²) in [6.45, 7) is 8.26. The zero-order valence-electron chi connectivity index (χ0n) is 13.1. The van der Waals surface area contributed by atoms with E-state index in [1.165, 1.54) is 16.7 Å². The van der Waals surface area contributed by atoms with Crippen LogP contribution in [0.1, 0.15) is 22.5 Å². The summed E-state index contributed by atoms with van der Waals surface area (Å²) < 4.78 is 1.94. The molecule has 0 N–H and O–H groups in total. The van der Waals surface area contributed by atoms with Gasteiger partial charge in [-0.15, -0.1) is 35.9 Å². The van der Waals surface area contributed by atoms with Crippen molar-refractivity contribution in [1.82, 2.24) is 14.8 Å². The van der Waals surface area contributed by atoms with Gasteiger partial charge in [-0.3, -0.25) is 9.67 Å². The maximum Gasteiger partial charge on any atom is 0.137 e. The summed E-state index contributed by atoms with van der Waals surface area (Å²) in [6.07, 6.45) is 0. The Morgan fingerprint density at radius 1 is 1.00 bits per heavy atom. The van der Waals surface area contributed by atoms with Crippen molar-refractivity contribution in [2.45, 2.75) is 27.7 Å². The van der Waals surface area contributed by atoms with Crippen LogP contribution in [0.4, 0.5) is 0 Å². The first-order chi connectivity index (χ1) is 10.1. The van der Waals surface area contributed by atoms with Crippen LogP contribution in [-0.2, 0) is 20.1 Å². The molecule has 3 rings (SSSR count). The van der Waals surface area contributed by atoms with Crippen LogP contribution in [0.2, 0.25) is 0 Å². The molecular formula is C18H18IrN3-. The summed E-state index contributed by atoms with van der Waals surface area (Å²) >= 11 is 0. The molecule has 115 valence electrons. The Hall–Kier alpha value is -1.77. The molecule has 3 nitrogen and oxygen atoms in total. The third-order valence-corrected chi connectivity index (χ3v) is 3.51. The van der Waals surface area contributed by atoms with Crippen LogP contribution in [0.5, 0.6) is 0 Å². The second-order valence-corrected chi connectivity index (χ2v) is 5.42. The molecule has 0 saturated heterocycles. The van der Waals surface area contributed by atoms with Crippen molar-refractivity contribution in [3.05, 3.63) is 65.0 Å². The first-order valence-electron chi connectivity index (χ1n) is 7.05. The summed E-state index contributed by atoms with van der Waals surface area (Å²) in [6, 6.07) is 15.5. The molecule has 0 aliphatic rings. The Kier molecular flexibility index (Phi) is 4.94. The first kappa shape index (κ1) is 16.6. The van der Waals surface area contributed by atoms with E-state index >= 15 is 0 Å². The van der Waals surface area contributed by atoms with Gasteiger partial charge in [0, 0.05) is 20.1 Å². The van der Waals surface area contributed by atoms with Gasteiger partial charge in [0.2, 0.25) is 0 Å². The minimum atomic E-state index is 0. The van der Waals surface area contributed by atoms with E-state index in [2.05, 4.69) is 49.1 Å². The normalized spacial score (nSPS) is 10.4. The van der Waals surface area contributed by atoms with Crippen molar-refractivity contribution in [2.75, 3.05) is 0 Å². The Bertz CT molecular complexity index is 768. The van der Waals surface area contributed by atoms with Crippen molar-refractivity contribution in [3.63, 3.8) is 0 Å². The van der Waals surface area contributed by atoms with E-state index in [-0.39, 0.29) is 20.1 Å². The Morgan fingerprint density at radius 3 is 2.27 bits per heavy atom. The van der Waals surface area contributed by atoms with Crippen LogP contribution in [0, 0.1) is 33.8 Å². The largest absolute Gasteiger partial charge is 0.262 e. The Labute approximate surface area is 144 Å². The maximum absolute atomic E-state index is 4.59. The molecule has 2 aromatic carbocycles. The monoisotopic (exact) mass is 469 g/mol. The van der Waals surface area contributed by atoms with Crippen molar-refractivity contribution in [3.8, 4) is 17.1 Å². The standard InChI is InChI=1S/C18H18N3.Ir/c1-12-10-13(2)17(14(3)11-12)21-18(19-15(4)20-21)16-8-6-5-7-9-16;/h5-8,10-11H,1-4H3;/q-1;. The van der Waals surface area contributed by atoms with Gasteiger partial charge in [0.25, 0.3) is 0 Å². The molecule has 0 saturated carbocycles. The second-order valence-electron chi connectivity index (χ2n) is 5.42. The summed E-state index contributed by atoms with van der Waals surface area (Å²) in [5.41, 5.74) is 5.73. The number of aromatic nitrogens is 3. The smallest absolute Gasteiger partial charge is 0.137 e. The van der Waals surface area contributed by atoms with Crippen LogP contribution >= 0.6 is 0 Å². The van der Waals surface area contributed by atoms with E-state index in [9.17, 15) is 0 Å². The quantitative estimate of drug-likeness (QED) is 0.533. The third-order valence-electron chi connectivity index (χ3n) is 3.51. The first-order valence-corrected chi connectivity index (χ1v) is 7.05. The SMILES string of the molecule is Cc1cc(C)c(-n2nc(C)nc2-c2[c-]cccc2)c(C)c1.[Ir]. The molecule has 0 spiro atoms. The molecule has 4 heteroatoms. The van der Waals surface area contributed by atoms with E-state index in [1.54, 1.807) is 0 Å². The van der Waals surface area contributed by atoms with Gasteiger partial charge < -0.3 is 0 Å². The Morgan fingerprint density at radius 2 is 1.68 bits per heavy atom. The number of aryl methyl sites for hydroxylation is 4. The fourth-order valence-electron chi connectivity index (χ4n) is 2.78. The van der Waals surface area contributed by atoms with Gasteiger partial charge in [0.15, 0.2) is 0 Å². The van der Waals surface area contributed by atoms with Gasteiger partial charge in [0.05, 0.1) is 11.5 Å². The molecule has 0 bridgehead atoms. The zero-order valence-corrected chi connectivity index (χ0v) is 15.5. The molecule has 3 aromatic rings. The minimum absolute atomic E-state index is 0. The van der Waals surface area contributed by atoms with Gasteiger partial charge in [-0.2, -0.15) is 5.10 Å². The summed E-state index contributed by atoms with van der Waals surface area (Å²) in [7, 11) is 0. The van der Waals surface area contributed by atoms with Gasteiger partial charge in [0.1, 0.15) is 5.82 Å². The van der Waals surface area contributed by atoms with Gasteiger partial charge in [-0.05, 0) is 38.8 Å². The van der Waals surface area contributed by atoms with Gasteiger partial charge in [-0.25, -0.2) is 0 Å². The van der Waals surface area contributed by atoms with Crippen molar-refractivity contribution in [2.24, 2.45) is 0 Å². The van der Waals surface area contributed by atoms with Gasteiger partial charge >= 0.3 is 0 Å². The number of rotatable bonds is 2. The average molecular weight is 469 g/mol. The molecule has 0 atom stereocenters. The van der Waals surface area contributed by atoms with E-state index in [4.69, 9.17) is 0 Å². The number of hydrogen-bond donors (Lipinski definition) is 0. The second kappa shape index (κ2) is 6.55. The molecule has 1 radical (unpaired) electrons. The topological polar surface area (TPSA) is 30.7 Å². The molecule has 0 unspecified atom stereocenters. The molecular weight excluding hydrogens is 450 g/mol. The van der Waals surface area contributed by atoms with Crippen molar-refractivity contribution < 1.29 is 20.1 Å². The van der Waals surface area contributed by atoms with E-state index in [1.807, 2.05) is 35.9 Å². The molecule has 22 heavy (non-hydrogen) atoms. The van der Waals surface area contributed by atoms with Crippen LogP contribution in [0.3, 0.4) is 0 Å². The third kappa shape index (κ3) is 3.03. The predicted molar refractivity (Wildman–Crippen MR) is 84.6 cm³/mol. The minimum Gasteiger partial charge on any atom is -0.262 e. The van der Waals surface area contributed by atoms with Crippen LogP contribution in [0.15, 0.2) is 36.4 Å². The maximum atomic E-state index is 4.59. The molecule has 0 aliphatic carbocycles. The van der Waals surface area contributed by atoms with E-state index in [0.717, 1.165) is 22.9 Å². The number of hydrogen-bond acceptors (Lipinski definition) is 2. The molecule has 1 aromatic heterocycles. The summed E-state index contributed by atoms with van der Waals surface area (Å²) in [5, 5.41) is 4.59. The van der Waals surface area contributed by atoms with Crippen molar-refractivity contribution in [1.29, 1.82) is 0 Å². The number of nitrogens with zero attached hydrogens (tertiary/aromatic N) is 3. The van der Waals surface area contributed by atoms with Gasteiger partial charge in [-0.1, -0.05) is 17.7 Å². The van der Waals surface area contributed by atoms with Crippen LogP contribution in [-0.4, -0.2) is 14.8 Å². The molecule has 1 heterocycles.